The molecule has 0 bridgehead atoms. The molecule has 5 nitrogen and oxygen atoms in total. The van der Waals surface area contributed by atoms with E-state index in [1.165, 1.54) is 11.8 Å². The summed E-state index contributed by atoms with van der Waals surface area (Å²) >= 11 is 7.26. The Morgan fingerprint density at radius 3 is 2.88 bits per heavy atom. The molecule has 0 fully saturated rings. The molecule has 0 aliphatic rings. The number of benzene rings is 2. The van der Waals surface area contributed by atoms with Gasteiger partial charge in [0, 0.05) is 10.4 Å². The van der Waals surface area contributed by atoms with Crippen LogP contribution in [0.15, 0.2) is 47.5 Å². The number of carbonyl (C=O) groups excluding carboxylic acids is 1. The number of nitriles is 1. The third kappa shape index (κ3) is 4.08. The lowest BCUT2D eigenvalue weighted by Crippen LogP contribution is -2.15. The van der Waals surface area contributed by atoms with E-state index in [4.69, 9.17) is 16.9 Å². The minimum Gasteiger partial charge on any atom is -0.324 e. The average Bonchev–Trinajstić information content (AvgIpc) is 2.59. The third-order valence-electron chi connectivity index (χ3n) is 3.40. The number of amides is 1. The number of hydrogen-bond acceptors (Lipinski definition) is 5. The molecule has 0 aliphatic heterocycles. The maximum atomic E-state index is 12.3. The number of fused-ring (bicyclic) bond motifs is 1. The Bertz CT molecular complexity index is 1000. The Labute approximate surface area is 154 Å². The van der Waals surface area contributed by atoms with Crippen LogP contribution in [0.5, 0.6) is 0 Å². The van der Waals surface area contributed by atoms with Crippen LogP contribution in [0.2, 0.25) is 5.02 Å². The number of thioether (sulfide) groups is 1. The van der Waals surface area contributed by atoms with Gasteiger partial charge in [0.1, 0.15) is 16.9 Å². The summed E-state index contributed by atoms with van der Waals surface area (Å²) in [5.74, 6) is 0.588. The fourth-order valence-electron chi connectivity index (χ4n) is 2.31. The molecule has 0 atom stereocenters. The summed E-state index contributed by atoms with van der Waals surface area (Å²) in [5, 5.41) is 14.0. The lowest BCUT2D eigenvalue weighted by molar-refractivity contribution is -0.113. The van der Waals surface area contributed by atoms with Gasteiger partial charge in [0.25, 0.3) is 0 Å². The van der Waals surface area contributed by atoms with Crippen molar-refractivity contribution in [1.82, 2.24) is 9.97 Å². The van der Waals surface area contributed by atoms with E-state index in [2.05, 4.69) is 15.3 Å². The summed E-state index contributed by atoms with van der Waals surface area (Å²) in [6, 6.07) is 14.5. The molecule has 1 heterocycles. The summed E-state index contributed by atoms with van der Waals surface area (Å²) in [5.41, 5.74) is 1.62. The van der Waals surface area contributed by atoms with E-state index < -0.39 is 0 Å². The standard InChI is InChI=1S/C18H13ClN4OS/c1-11-21-15-5-3-2-4-14(15)18(22-11)25-10-17(24)23-16-8-13(19)7-6-12(16)9-20/h2-8H,10H2,1H3,(H,23,24). The summed E-state index contributed by atoms with van der Waals surface area (Å²) in [6.07, 6.45) is 0. The van der Waals surface area contributed by atoms with E-state index in [1.54, 1.807) is 18.2 Å². The first-order chi connectivity index (χ1) is 12.1. The minimum absolute atomic E-state index is 0.165. The molecular weight excluding hydrogens is 356 g/mol. The highest BCUT2D eigenvalue weighted by Crippen LogP contribution is 2.26. The molecule has 0 aliphatic carbocycles. The molecule has 0 saturated heterocycles. The molecule has 3 rings (SSSR count). The number of aromatic nitrogens is 2. The van der Waals surface area contributed by atoms with Gasteiger partial charge in [0.05, 0.1) is 22.5 Å². The second-order valence-electron chi connectivity index (χ2n) is 5.23. The van der Waals surface area contributed by atoms with Crippen molar-refractivity contribution in [3.8, 4) is 6.07 Å². The number of nitrogens with zero attached hydrogens (tertiary/aromatic N) is 3. The molecule has 0 saturated carbocycles. The molecule has 7 heteroatoms. The van der Waals surface area contributed by atoms with E-state index in [1.807, 2.05) is 37.3 Å². The summed E-state index contributed by atoms with van der Waals surface area (Å²) in [4.78, 5) is 21.1. The van der Waals surface area contributed by atoms with Crippen molar-refractivity contribution >= 4 is 45.9 Å². The normalized spacial score (nSPS) is 10.4. The monoisotopic (exact) mass is 368 g/mol. The number of rotatable bonds is 4. The molecule has 3 aromatic rings. The molecule has 2 aromatic carbocycles. The smallest absolute Gasteiger partial charge is 0.234 e. The molecule has 25 heavy (non-hydrogen) atoms. The van der Waals surface area contributed by atoms with Crippen molar-refractivity contribution in [3.63, 3.8) is 0 Å². The largest absolute Gasteiger partial charge is 0.324 e. The summed E-state index contributed by atoms with van der Waals surface area (Å²) < 4.78 is 0. The number of halogens is 1. The first kappa shape index (κ1) is 17.2. The second kappa shape index (κ2) is 7.51. The van der Waals surface area contributed by atoms with Gasteiger partial charge >= 0.3 is 0 Å². The number of anilines is 1. The Hall–Kier alpha value is -2.62. The van der Waals surface area contributed by atoms with Crippen LogP contribution in [0.3, 0.4) is 0 Å². The van der Waals surface area contributed by atoms with Gasteiger partial charge in [-0.3, -0.25) is 4.79 Å². The molecule has 1 N–H and O–H groups in total. The van der Waals surface area contributed by atoms with Gasteiger partial charge in [-0.25, -0.2) is 9.97 Å². The van der Waals surface area contributed by atoms with Crippen molar-refractivity contribution in [3.05, 3.63) is 58.9 Å². The highest BCUT2D eigenvalue weighted by atomic mass is 35.5. The van der Waals surface area contributed by atoms with Crippen LogP contribution in [0, 0.1) is 18.3 Å². The van der Waals surface area contributed by atoms with Gasteiger partial charge in [-0.05, 0) is 31.2 Å². The van der Waals surface area contributed by atoms with Crippen LogP contribution in [0.1, 0.15) is 11.4 Å². The quantitative estimate of drug-likeness (QED) is 0.551. The lowest BCUT2D eigenvalue weighted by atomic mass is 10.2. The lowest BCUT2D eigenvalue weighted by Gasteiger charge is -2.09. The van der Waals surface area contributed by atoms with Crippen molar-refractivity contribution in [2.45, 2.75) is 11.9 Å². The zero-order valence-corrected chi connectivity index (χ0v) is 14.9. The van der Waals surface area contributed by atoms with Crippen molar-refractivity contribution in [2.75, 3.05) is 11.1 Å². The fourth-order valence-corrected chi connectivity index (χ4v) is 3.34. The predicted octanol–water partition coefficient (Wildman–Crippen LogP) is 4.19. The Kier molecular flexibility index (Phi) is 5.17. The zero-order chi connectivity index (χ0) is 17.8. The van der Waals surface area contributed by atoms with Crippen LogP contribution in [0.4, 0.5) is 5.69 Å². The first-order valence-corrected chi connectivity index (χ1v) is 8.79. The van der Waals surface area contributed by atoms with Crippen molar-refractivity contribution in [1.29, 1.82) is 5.26 Å². The third-order valence-corrected chi connectivity index (χ3v) is 4.62. The molecule has 0 radical (unpaired) electrons. The number of carbonyl (C=O) groups is 1. The van der Waals surface area contributed by atoms with Gasteiger partial charge < -0.3 is 5.32 Å². The molecule has 124 valence electrons. The highest BCUT2D eigenvalue weighted by Gasteiger charge is 2.11. The molecule has 0 unspecified atom stereocenters. The minimum atomic E-state index is -0.232. The zero-order valence-electron chi connectivity index (χ0n) is 13.3. The van der Waals surface area contributed by atoms with Gasteiger partial charge in [0.15, 0.2) is 0 Å². The van der Waals surface area contributed by atoms with Gasteiger partial charge in [0.2, 0.25) is 5.91 Å². The van der Waals surface area contributed by atoms with E-state index in [0.29, 0.717) is 22.1 Å². The van der Waals surface area contributed by atoms with Crippen LogP contribution in [-0.2, 0) is 4.79 Å². The van der Waals surface area contributed by atoms with Gasteiger partial charge in [-0.2, -0.15) is 5.26 Å². The number of nitrogens with one attached hydrogen (secondary N) is 1. The summed E-state index contributed by atoms with van der Waals surface area (Å²) in [7, 11) is 0. The Morgan fingerprint density at radius 1 is 1.28 bits per heavy atom. The van der Waals surface area contributed by atoms with E-state index in [9.17, 15) is 4.79 Å². The van der Waals surface area contributed by atoms with E-state index in [0.717, 1.165) is 15.9 Å². The molecule has 1 aromatic heterocycles. The molecule has 1 amide bonds. The predicted molar refractivity (Wildman–Crippen MR) is 99.8 cm³/mol. The maximum absolute atomic E-state index is 12.3. The van der Waals surface area contributed by atoms with Crippen LogP contribution in [-0.4, -0.2) is 21.6 Å². The molecule has 0 spiro atoms. The van der Waals surface area contributed by atoms with E-state index in [-0.39, 0.29) is 11.7 Å². The van der Waals surface area contributed by atoms with Crippen LogP contribution in [0.25, 0.3) is 10.9 Å². The first-order valence-electron chi connectivity index (χ1n) is 7.42. The van der Waals surface area contributed by atoms with Crippen molar-refractivity contribution in [2.24, 2.45) is 0 Å². The highest BCUT2D eigenvalue weighted by molar-refractivity contribution is 8.00. The number of aryl methyl sites for hydroxylation is 1. The van der Waals surface area contributed by atoms with E-state index >= 15 is 0 Å². The second-order valence-corrected chi connectivity index (χ2v) is 6.63. The topological polar surface area (TPSA) is 78.7 Å². The summed E-state index contributed by atoms with van der Waals surface area (Å²) in [6.45, 7) is 1.82. The number of para-hydroxylation sites is 1. The Balaban J connectivity index is 1.76. The van der Waals surface area contributed by atoms with Crippen LogP contribution >= 0.6 is 23.4 Å². The van der Waals surface area contributed by atoms with Gasteiger partial charge in [-0.15, -0.1) is 0 Å². The Morgan fingerprint density at radius 2 is 2.08 bits per heavy atom. The van der Waals surface area contributed by atoms with Crippen molar-refractivity contribution < 1.29 is 4.79 Å². The maximum Gasteiger partial charge on any atom is 0.234 e. The van der Waals surface area contributed by atoms with Gasteiger partial charge in [-0.1, -0.05) is 41.6 Å². The fraction of sp³-hybridized carbons (Fsp3) is 0.111. The number of hydrogen-bond donors (Lipinski definition) is 1. The SMILES string of the molecule is Cc1nc(SCC(=O)Nc2cc(Cl)ccc2C#N)c2ccccc2n1. The molecular formula is C18H13ClN4OS. The average molecular weight is 369 g/mol. The van der Waals surface area contributed by atoms with Crippen LogP contribution < -0.4 is 5.32 Å².